The predicted octanol–water partition coefficient (Wildman–Crippen LogP) is -1.30. The molecule has 1 amide bonds. The average Bonchev–Trinajstić information content (AvgIpc) is 2.87. The van der Waals surface area contributed by atoms with E-state index >= 15 is 0 Å². The Labute approximate surface area is 217 Å². The van der Waals surface area contributed by atoms with Crippen molar-refractivity contribution in [3.63, 3.8) is 0 Å². The van der Waals surface area contributed by atoms with Gasteiger partial charge in [0, 0.05) is 26.4 Å². The summed E-state index contributed by atoms with van der Waals surface area (Å²) >= 11 is 0. The first-order valence-electron chi connectivity index (χ1n) is 12.9. The topological polar surface area (TPSA) is 193 Å². The molecular weight excluding hydrogens is 494 g/mol. The van der Waals surface area contributed by atoms with E-state index in [4.69, 9.17) is 18.9 Å². The zero-order valence-corrected chi connectivity index (χ0v) is 21.6. The van der Waals surface area contributed by atoms with Gasteiger partial charge in [0.2, 0.25) is 5.91 Å². The van der Waals surface area contributed by atoms with Crippen LogP contribution in [-0.4, -0.2) is 120 Å². The maximum atomic E-state index is 11.9. The molecule has 2 fully saturated rings. The van der Waals surface area contributed by atoms with Gasteiger partial charge < -0.3 is 54.5 Å². The van der Waals surface area contributed by atoms with Crippen molar-refractivity contribution >= 4 is 11.9 Å². The van der Waals surface area contributed by atoms with Crippen LogP contribution in [0.4, 0.5) is 0 Å². The Kier molecular flexibility index (Phi) is 14.2. The third kappa shape index (κ3) is 10.0. The van der Waals surface area contributed by atoms with Gasteiger partial charge in [0.25, 0.3) is 0 Å². The first-order chi connectivity index (χ1) is 17.7. The lowest BCUT2D eigenvalue weighted by Crippen LogP contribution is -2.67. The van der Waals surface area contributed by atoms with Crippen LogP contribution in [0, 0.1) is 0 Å². The lowest BCUT2D eigenvalue weighted by molar-refractivity contribution is -0.332. The lowest BCUT2D eigenvalue weighted by atomic mass is 9.95. The predicted molar refractivity (Wildman–Crippen MR) is 127 cm³/mol. The number of carbonyl (C=O) groups is 2. The number of methoxy groups -OCH3 is 1. The Morgan fingerprint density at radius 2 is 1.59 bits per heavy atom. The summed E-state index contributed by atoms with van der Waals surface area (Å²) in [6, 6.07) is -1.02. The molecule has 0 aromatic heterocycles. The van der Waals surface area contributed by atoms with Crippen LogP contribution in [-0.2, 0) is 33.3 Å². The average molecular weight is 538 g/mol. The smallest absolute Gasteiger partial charge is 0.305 e. The highest BCUT2D eigenvalue weighted by atomic mass is 16.7. The maximum Gasteiger partial charge on any atom is 0.305 e. The number of esters is 1. The second-order valence-electron chi connectivity index (χ2n) is 9.46. The number of hydrogen-bond acceptors (Lipinski definition) is 12. The van der Waals surface area contributed by atoms with Crippen LogP contribution in [0.25, 0.3) is 0 Å². The molecule has 0 saturated carbocycles. The van der Waals surface area contributed by atoms with Crippen molar-refractivity contribution in [2.75, 3.05) is 26.9 Å². The molecule has 0 bridgehead atoms. The minimum absolute atomic E-state index is 0.000731. The minimum Gasteiger partial charge on any atom is -0.469 e. The molecule has 0 aliphatic carbocycles. The number of unbranched alkanes of at least 4 members (excludes halogenated alkanes) is 5. The van der Waals surface area contributed by atoms with E-state index in [1.165, 1.54) is 14.0 Å². The summed E-state index contributed by atoms with van der Waals surface area (Å²) in [6.45, 7) is 0.578. The Balaban J connectivity index is 1.95. The van der Waals surface area contributed by atoms with Gasteiger partial charge in [0.05, 0.1) is 32.5 Å². The van der Waals surface area contributed by atoms with Crippen LogP contribution >= 0.6 is 0 Å². The molecule has 13 heteroatoms. The Bertz CT molecular complexity index is 682. The Morgan fingerprint density at radius 3 is 2.22 bits per heavy atom. The normalized spacial score (nSPS) is 34.2. The second-order valence-corrected chi connectivity index (χ2v) is 9.46. The lowest BCUT2D eigenvalue weighted by Gasteiger charge is -2.46. The van der Waals surface area contributed by atoms with Gasteiger partial charge in [-0.3, -0.25) is 9.59 Å². The maximum absolute atomic E-state index is 11.9. The molecule has 0 spiro atoms. The number of nitrogens with one attached hydrogen (secondary N) is 1. The fourth-order valence-electron chi connectivity index (χ4n) is 4.44. The van der Waals surface area contributed by atoms with E-state index in [1.807, 2.05) is 0 Å². The molecule has 2 saturated heterocycles. The van der Waals surface area contributed by atoms with Crippen LogP contribution in [0.15, 0.2) is 0 Å². The van der Waals surface area contributed by atoms with Gasteiger partial charge in [-0.1, -0.05) is 25.7 Å². The van der Waals surface area contributed by atoms with Gasteiger partial charge in [0.1, 0.15) is 30.5 Å². The standard InChI is InChI=1S/C24H43NO12/c1-14(28)25-19-22(37-24-20(31)16(29)11-15(12-26)35-24)21(32)17(13-27)36-23(19)34-10-8-6-4-3-5-7-9-18(30)33-2/h15-17,19-24,26-27,29,31-32H,3-13H2,1-2H3,(H,25,28)/t15-,16-,17+,19+,20+,21+,22+,23+,24-/m0/s1. The zero-order chi connectivity index (χ0) is 27.4. The first-order valence-corrected chi connectivity index (χ1v) is 12.9. The summed E-state index contributed by atoms with van der Waals surface area (Å²) in [7, 11) is 1.37. The Hall–Kier alpha value is -1.42. The van der Waals surface area contributed by atoms with Crippen LogP contribution in [0.2, 0.25) is 0 Å². The molecule has 2 aliphatic heterocycles. The number of aliphatic hydroxyl groups is 5. The van der Waals surface area contributed by atoms with Crippen LogP contribution in [0.5, 0.6) is 0 Å². The highest BCUT2D eigenvalue weighted by molar-refractivity contribution is 5.73. The summed E-state index contributed by atoms with van der Waals surface area (Å²) < 4.78 is 27.5. The molecule has 2 heterocycles. The molecule has 0 aromatic rings. The third-order valence-electron chi connectivity index (χ3n) is 6.51. The number of carbonyl (C=O) groups excluding carboxylic acids is 2. The first kappa shape index (κ1) is 31.8. The van der Waals surface area contributed by atoms with Crippen molar-refractivity contribution in [1.29, 1.82) is 0 Å². The molecule has 0 unspecified atom stereocenters. The third-order valence-corrected chi connectivity index (χ3v) is 6.51. The summed E-state index contributed by atoms with van der Waals surface area (Å²) in [5, 5.41) is 53.1. The van der Waals surface area contributed by atoms with Crippen LogP contribution in [0.3, 0.4) is 0 Å². The molecule has 216 valence electrons. The van der Waals surface area contributed by atoms with Crippen LogP contribution in [0.1, 0.15) is 58.3 Å². The van der Waals surface area contributed by atoms with Gasteiger partial charge >= 0.3 is 5.97 Å². The van der Waals surface area contributed by atoms with E-state index in [1.54, 1.807) is 0 Å². The summed E-state index contributed by atoms with van der Waals surface area (Å²) in [4.78, 5) is 23.1. The van der Waals surface area contributed by atoms with E-state index < -0.39 is 74.4 Å². The van der Waals surface area contributed by atoms with Crippen molar-refractivity contribution in [2.45, 2.75) is 114 Å². The SMILES string of the molecule is COC(=O)CCCCCCCCO[C@@H]1O[C@H](CO)[C@@H](O)[C@H](O[C@@H]2O[C@H](CO)C[C@H](O)[C@H]2O)[C@H]1NC(C)=O. The van der Waals surface area contributed by atoms with Crippen LogP contribution < -0.4 is 5.32 Å². The molecule has 0 aromatic carbocycles. The van der Waals surface area contributed by atoms with Crippen molar-refractivity contribution < 1.29 is 58.8 Å². The van der Waals surface area contributed by atoms with Crippen molar-refractivity contribution in [3.8, 4) is 0 Å². The molecule has 2 aliphatic rings. The number of rotatable bonds is 15. The van der Waals surface area contributed by atoms with E-state index in [2.05, 4.69) is 10.1 Å². The number of aliphatic hydroxyl groups excluding tert-OH is 5. The van der Waals surface area contributed by atoms with Gasteiger partial charge in [-0.25, -0.2) is 0 Å². The van der Waals surface area contributed by atoms with Crippen molar-refractivity contribution in [2.24, 2.45) is 0 Å². The second kappa shape index (κ2) is 16.5. The Morgan fingerprint density at radius 1 is 0.919 bits per heavy atom. The van der Waals surface area contributed by atoms with Gasteiger partial charge in [0.15, 0.2) is 12.6 Å². The van der Waals surface area contributed by atoms with E-state index in [9.17, 15) is 35.1 Å². The van der Waals surface area contributed by atoms with Gasteiger partial charge in [-0.2, -0.15) is 0 Å². The quantitative estimate of drug-likeness (QED) is 0.107. The molecular formula is C24H43NO12. The minimum atomic E-state index is -1.46. The van der Waals surface area contributed by atoms with E-state index in [-0.39, 0.29) is 19.0 Å². The van der Waals surface area contributed by atoms with E-state index in [0.717, 1.165) is 32.1 Å². The fourth-order valence-corrected chi connectivity index (χ4v) is 4.44. The molecule has 2 rings (SSSR count). The molecule has 37 heavy (non-hydrogen) atoms. The highest BCUT2D eigenvalue weighted by Gasteiger charge is 2.50. The van der Waals surface area contributed by atoms with Crippen molar-refractivity contribution in [1.82, 2.24) is 5.32 Å². The molecule has 13 nitrogen and oxygen atoms in total. The number of ether oxygens (including phenoxy) is 5. The zero-order valence-electron chi connectivity index (χ0n) is 21.6. The number of amides is 1. The highest BCUT2D eigenvalue weighted by Crippen LogP contribution is 2.29. The monoisotopic (exact) mass is 537 g/mol. The fraction of sp³-hybridized carbons (Fsp3) is 0.917. The molecule has 6 N–H and O–H groups in total. The van der Waals surface area contributed by atoms with E-state index in [0.29, 0.717) is 12.8 Å². The van der Waals surface area contributed by atoms with Gasteiger partial charge in [-0.15, -0.1) is 0 Å². The molecule has 9 atom stereocenters. The molecule has 0 radical (unpaired) electrons. The largest absolute Gasteiger partial charge is 0.469 e. The van der Waals surface area contributed by atoms with Gasteiger partial charge in [-0.05, 0) is 12.8 Å². The summed E-state index contributed by atoms with van der Waals surface area (Å²) in [6.07, 6.45) is -4.15. The number of hydrogen-bond donors (Lipinski definition) is 6. The summed E-state index contributed by atoms with van der Waals surface area (Å²) in [5.74, 6) is -0.659. The van der Waals surface area contributed by atoms with Crippen molar-refractivity contribution in [3.05, 3.63) is 0 Å². The summed E-state index contributed by atoms with van der Waals surface area (Å²) in [5.41, 5.74) is 0.